The van der Waals surface area contributed by atoms with Crippen LogP contribution in [-0.2, 0) is 0 Å². The number of nitrogens with one attached hydrogen (secondary N) is 1. The maximum absolute atomic E-state index is 12.6. The maximum Gasteiger partial charge on any atom is 0.259 e. The molecule has 0 saturated heterocycles. The number of thiazole rings is 1. The first-order valence-electron chi connectivity index (χ1n) is 8.41. The van der Waals surface area contributed by atoms with Crippen LogP contribution in [0.3, 0.4) is 0 Å². The number of methoxy groups -OCH3 is 1. The van der Waals surface area contributed by atoms with Gasteiger partial charge in [-0.15, -0.1) is 11.3 Å². The van der Waals surface area contributed by atoms with Crippen LogP contribution in [0.25, 0.3) is 10.2 Å². The third kappa shape index (κ3) is 4.22. The van der Waals surface area contributed by atoms with Gasteiger partial charge in [-0.05, 0) is 54.6 Å². The summed E-state index contributed by atoms with van der Waals surface area (Å²) in [6.07, 6.45) is 0. The summed E-state index contributed by atoms with van der Waals surface area (Å²) in [5, 5.41) is 2.91. The second kappa shape index (κ2) is 8.34. The molecule has 3 aromatic carbocycles. The van der Waals surface area contributed by atoms with E-state index in [1.54, 1.807) is 42.3 Å². The number of carbonyl (C=O) groups is 1. The molecule has 0 saturated carbocycles. The summed E-state index contributed by atoms with van der Waals surface area (Å²) in [5.41, 5.74) is 2.22. The van der Waals surface area contributed by atoms with Crippen molar-refractivity contribution in [3.63, 3.8) is 0 Å². The fourth-order valence-electron chi connectivity index (χ4n) is 2.66. The van der Waals surface area contributed by atoms with E-state index in [9.17, 15) is 4.79 Å². The van der Waals surface area contributed by atoms with Crippen molar-refractivity contribution in [3.8, 4) is 5.75 Å². The number of hydrogen-bond donors (Lipinski definition) is 1. The fraction of sp³-hybridized carbons (Fsp3) is 0.0476. The standard InChI is InChI=1S/C21H15BrN2O2S2/c1-26-18-11-6-13(22)12-16(18)20(25)23-14-7-9-15(10-8-14)27-21-24-17-4-2-3-5-19(17)28-21/h2-12H,1H3,(H,23,25). The molecular weight excluding hydrogens is 456 g/mol. The van der Waals surface area contributed by atoms with Crippen molar-refractivity contribution in [2.24, 2.45) is 0 Å². The SMILES string of the molecule is COc1ccc(Br)cc1C(=O)Nc1ccc(Sc2nc3ccccc3s2)cc1. The highest BCUT2D eigenvalue weighted by Gasteiger charge is 2.13. The summed E-state index contributed by atoms with van der Waals surface area (Å²) in [4.78, 5) is 18.3. The lowest BCUT2D eigenvalue weighted by molar-refractivity contribution is 0.102. The van der Waals surface area contributed by atoms with Crippen molar-refractivity contribution in [2.75, 3.05) is 12.4 Å². The summed E-state index contributed by atoms with van der Waals surface area (Å²) in [6.45, 7) is 0. The topological polar surface area (TPSA) is 51.2 Å². The second-order valence-corrected chi connectivity index (χ2v) is 9.14. The van der Waals surface area contributed by atoms with Crippen LogP contribution in [0.2, 0.25) is 0 Å². The maximum atomic E-state index is 12.6. The number of anilines is 1. The molecule has 0 aliphatic carbocycles. The van der Waals surface area contributed by atoms with Crippen molar-refractivity contribution in [1.29, 1.82) is 0 Å². The third-order valence-electron chi connectivity index (χ3n) is 4.00. The molecule has 1 N–H and O–H groups in total. The minimum atomic E-state index is -0.218. The van der Waals surface area contributed by atoms with Gasteiger partial charge in [-0.2, -0.15) is 0 Å². The Morgan fingerprint density at radius 3 is 2.64 bits per heavy atom. The van der Waals surface area contributed by atoms with E-state index < -0.39 is 0 Å². The Morgan fingerprint density at radius 1 is 1.11 bits per heavy atom. The van der Waals surface area contributed by atoms with Gasteiger partial charge in [-0.25, -0.2) is 4.98 Å². The predicted molar refractivity (Wildman–Crippen MR) is 119 cm³/mol. The van der Waals surface area contributed by atoms with E-state index in [0.29, 0.717) is 11.3 Å². The Bertz CT molecular complexity index is 1110. The van der Waals surface area contributed by atoms with Crippen LogP contribution in [-0.4, -0.2) is 18.0 Å². The molecule has 1 aromatic heterocycles. The average molecular weight is 471 g/mol. The Hall–Kier alpha value is -2.35. The Balaban J connectivity index is 1.47. The smallest absolute Gasteiger partial charge is 0.259 e. The number of ether oxygens (including phenoxy) is 1. The quantitative estimate of drug-likeness (QED) is 0.363. The van der Waals surface area contributed by atoms with E-state index >= 15 is 0 Å². The van der Waals surface area contributed by atoms with E-state index in [2.05, 4.69) is 32.3 Å². The second-order valence-electron chi connectivity index (χ2n) is 5.87. The first-order chi connectivity index (χ1) is 13.6. The number of fused-ring (bicyclic) bond motifs is 1. The fourth-order valence-corrected chi connectivity index (χ4v) is 5.06. The van der Waals surface area contributed by atoms with Gasteiger partial charge in [0.15, 0.2) is 4.34 Å². The number of halogens is 1. The first kappa shape index (κ1) is 19.0. The van der Waals surface area contributed by atoms with Crippen LogP contribution >= 0.6 is 39.0 Å². The molecule has 4 rings (SSSR count). The van der Waals surface area contributed by atoms with Crippen molar-refractivity contribution < 1.29 is 9.53 Å². The number of carbonyl (C=O) groups excluding carboxylic acids is 1. The first-order valence-corrected chi connectivity index (χ1v) is 10.8. The molecule has 0 spiro atoms. The molecule has 4 aromatic rings. The Kier molecular flexibility index (Phi) is 5.66. The van der Waals surface area contributed by atoms with Gasteiger partial charge in [-0.3, -0.25) is 4.79 Å². The van der Waals surface area contributed by atoms with Gasteiger partial charge in [0.2, 0.25) is 0 Å². The molecule has 0 aliphatic heterocycles. The monoisotopic (exact) mass is 470 g/mol. The number of benzene rings is 3. The lowest BCUT2D eigenvalue weighted by Crippen LogP contribution is -2.13. The van der Waals surface area contributed by atoms with E-state index in [4.69, 9.17) is 4.74 Å². The molecule has 140 valence electrons. The molecule has 28 heavy (non-hydrogen) atoms. The lowest BCUT2D eigenvalue weighted by atomic mass is 10.2. The highest BCUT2D eigenvalue weighted by Crippen LogP contribution is 2.34. The van der Waals surface area contributed by atoms with Gasteiger partial charge in [-0.1, -0.05) is 39.8 Å². The molecule has 0 unspecified atom stereocenters. The van der Waals surface area contributed by atoms with Gasteiger partial charge in [0.1, 0.15) is 5.75 Å². The molecule has 0 bridgehead atoms. The minimum absolute atomic E-state index is 0.218. The third-order valence-corrected chi connectivity index (χ3v) is 6.60. The molecule has 0 atom stereocenters. The zero-order valence-electron chi connectivity index (χ0n) is 14.8. The number of hydrogen-bond acceptors (Lipinski definition) is 5. The number of aromatic nitrogens is 1. The molecule has 0 aliphatic rings. The summed E-state index contributed by atoms with van der Waals surface area (Å²) in [5.74, 6) is 0.313. The van der Waals surface area contributed by atoms with E-state index in [0.717, 1.165) is 24.9 Å². The van der Waals surface area contributed by atoms with Crippen LogP contribution in [0.15, 0.2) is 80.4 Å². The number of rotatable bonds is 5. The highest BCUT2D eigenvalue weighted by atomic mass is 79.9. The van der Waals surface area contributed by atoms with Crippen LogP contribution in [0.1, 0.15) is 10.4 Å². The summed E-state index contributed by atoms with van der Waals surface area (Å²) >= 11 is 6.68. The van der Waals surface area contributed by atoms with Crippen molar-refractivity contribution in [3.05, 3.63) is 76.8 Å². The molecule has 1 amide bonds. The molecular formula is C21H15BrN2O2S2. The van der Waals surface area contributed by atoms with Crippen LogP contribution in [0, 0.1) is 0 Å². The van der Waals surface area contributed by atoms with Gasteiger partial charge in [0.05, 0.1) is 22.9 Å². The molecule has 0 fully saturated rings. The van der Waals surface area contributed by atoms with Crippen molar-refractivity contribution >= 4 is 60.8 Å². The normalized spacial score (nSPS) is 10.8. The van der Waals surface area contributed by atoms with Crippen LogP contribution in [0.5, 0.6) is 5.75 Å². The van der Waals surface area contributed by atoms with E-state index in [1.165, 1.54) is 4.70 Å². The molecule has 0 radical (unpaired) electrons. The molecule has 4 nitrogen and oxygen atoms in total. The van der Waals surface area contributed by atoms with Gasteiger partial charge in [0.25, 0.3) is 5.91 Å². The summed E-state index contributed by atoms with van der Waals surface area (Å²) in [6, 6.07) is 21.2. The summed E-state index contributed by atoms with van der Waals surface area (Å²) in [7, 11) is 1.55. The zero-order valence-corrected chi connectivity index (χ0v) is 18.0. The van der Waals surface area contributed by atoms with E-state index in [1.807, 2.05) is 48.5 Å². The van der Waals surface area contributed by atoms with Crippen LogP contribution < -0.4 is 10.1 Å². The van der Waals surface area contributed by atoms with E-state index in [-0.39, 0.29) is 5.91 Å². The Labute approximate surface area is 179 Å². The molecule has 1 heterocycles. The molecule has 7 heteroatoms. The van der Waals surface area contributed by atoms with Gasteiger partial charge < -0.3 is 10.1 Å². The predicted octanol–water partition coefficient (Wildman–Crippen LogP) is 6.47. The van der Waals surface area contributed by atoms with Crippen molar-refractivity contribution in [2.45, 2.75) is 9.24 Å². The van der Waals surface area contributed by atoms with Crippen molar-refractivity contribution in [1.82, 2.24) is 4.98 Å². The number of para-hydroxylation sites is 1. The van der Waals surface area contributed by atoms with Gasteiger partial charge in [0, 0.05) is 15.1 Å². The van der Waals surface area contributed by atoms with Gasteiger partial charge >= 0.3 is 0 Å². The minimum Gasteiger partial charge on any atom is -0.496 e. The highest BCUT2D eigenvalue weighted by molar-refractivity contribution is 9.10. The average Bonchev–Trinajstić information content (AvgIpc) is 3.11. The Morgan fingerprint density at radius 2 is 1.89 bits per heavy atom. The lowest BCUT2D eigenvalue weighted by Gasteiger charge is -2.10. The zero-order chi connectivity index (χ0) is 19.5. The van der Waals surface area contributed by atoms with Crippen LogP contribution in [0.4, 0.5) is 5.69 Å². The number of nitrogens with zero attached hydrogens (tertiary/aromatic N) is 1. The summed E-state index contributed by atoms with van der Waals surface area (Å²) < 4.78 is 8.27. The number of amides is 1. The largest absolute Gasteiger partial charge is 0.496 e.